The summed E-state index contributed by atoms with van der Waals surface area (Å²) in [5.41, 5.74) is 4.83. The highest BCUT2D eigenvalue weighted by atomic mass is 32.1. The lowest BCUT2D eigenvalue weighted by Gasteiger charge is -2.23. The van der Waals surface area contributed by atoms with Gasteiger partial charge in [-0.1, -0.05) is 6.92 Å². The molecule has 1 N–H and O–H groups in total. The van der Waals surface area contributed by atoms with Crippen molar-refractivity contribution in [3.8, 4) is 0 Å². The quantitative estimate of drug-likeness (QED) is 0.751. The van der Waals surface area contributed by atoms with Crippen molar-refractivity contribution in [1.82, 2.24) is 9.97 Å². The highest BCUT2D eigenvalue weighted by molar-refractivity contribution is 7.16. The number of hydrogen-bond acceptors (Lipinski definition) is 5. The Bertz CT molecular complexity index is 922. The van der Waals surface area contributed by atoms with Gasteiger partial charge in [-0.3, -0.25) is 14.7 Å². The third-order valence-electron chi connectivity index (χ3n) is 3.88. The summed E-state index contributed by atoms with van der Waals surface area (Å²) in [7, 11) is 0. The Morgan fingerprint density at radius 3 is 2.88 bits per heavy atom. The smallest absolute Gasteiger partial charge is 0.306 e. The number of anilines is 2. The van der Waals surface area contributed by atoms with E-state index in [1.165, 1.54) is 16.2 Å². The van der Waals surface area contributed by atoms with Crippen LogP contribution in [0, 0.1) is 6.92 Å². The predicted octanol–water partition coefficient (Wildman–Crippen LogP) is 4.02. The minimum Gasteiger partial charge on any atom is -0.306 e. The molecule has 0 fully saturated rings. The first-order valence-electron chi connectivity index (χ1n) is 7.92. The Morgan fingerprint density at radius 1 is 1.28 bits per heavy atom. The zero-order valence-electron chi connectivity index (χ0n) is 14.0. The van der Waals surface area contributed by atoms with Crippen molar-refractivity contribution in [2.24, 2.45) is 0 Å². The van der Waals surface area contributed by atoms with E-state index in [1.807, 2.05) is 25.1 Å². The molecular weight excluding hydrogens is 336 g/mol. The molecule has 3 rings (SSSR count). The summed E-state index contributed by atoms with van der Waals surface area (Å²) in [4.78, 5) is 34.5. The van der Waals surface area contributed by atoms with Crippen LogP contribution >= 0.6 is 11.3 Å². The van der Waals surface area contributed by atoms with E-state index in [-0.39, 0.29) is 18.4 Å². The number of aromatic nitrogens is 2. The normalized spacial score (nSPS) is 10.6. The number of rotatable bonds is 5. The maximum Gasteiger partial charge on any atom is 0.326 e. The van der Waals surface area contributed by atoms with Crippen LogP contribution in [0.5, 0.6) is 0 Å². The van der Waals surface area contributed by atoms with Crippen LogP contribution in [0.3, 0.4) is 0 Å². The number of fused-ring (bicyclic) bond motifs is 1. The Morgan fingerprint density at radius 2 is 2.12 bits per heavy atom. The summed E-state index contributed by atoms with van der Waals surface area (Å²) in [6.45, 7) is 3.70. The van der Waals surface area contributed by atoms with Gasteiger partial charge in [0, 0.05) is 18.3 Å². The second-order valence-corrected chi connectivity index (χ2v) is 6.49. The molecule has 0 saturated heterocycles. The van der Waals surface area contributed by atoms with Crippen LogP contribution in [0.15, 0.2) is 42.2 Å². The third-order valence-corrected chi connectivity index (χ3v) is 4.67. The van der Waals surface area contributed by atoms with Crippen molar-refractivity contribution in [2.75, 3.05) is 16.8 Å². The number of carbonyl (C=O) groups is 2. The molecule has 0 radical (unpaired) electrons. The lowest BCUT2D eigenvalue weighted by molar-refractivity contribution is -0.117. The van der Waals surface area contributed by atoms with Crippen LogP contribution in [0.2, 0.25) is 0 Å². The van der Waals surface area contributed by atoms with E-state index in [0.717, 1.165) is 15.8 Å². The second kappa shape index (κ2) is 7.40. The summed E-state index contributed by atoms with van der Waals surface area (Å²) < 4.78 is 0.969. The molecule has 3 aromatic rings. The van der Waals surface area contributed by atoms with Gasteiger partial charge in [-0.2, -0.15) is 0 Å². The van der Waals surface area contributed by atoms with Crippen molar-refractivity contribution < 1.29 is 9.59 Å². The average Bonchev–Trinajstić information content (AvgIpc) is 3.09. The van der Waals surface area contributed by atoms with Gasteiger partial charge < -0.3 is 5.32 Å². The Labute approximate surface area is 149 Å². The number of benzene rings is 1. The maximum atomic E-state index is 12.8. The molecule has 2 aromatic heterocycles. The Balaban J connectivity index is 1.91. The summed E-state index contributed by atoms with van der Waals surface area (Å²) in [5, 5.41) is 2.84. The van der Waals surface area contributed by atoms with Crippen LogP contribution in [0.1, 0.15) is 18.9 Å². The fourth-order valence-corrected chi connectivity index (χ4v) is 3.07. The van der Waals surface area contributed by atoms with Crippen molar-refractivity contribution in [1.29, 1.82) is 0 Å². The number of nitrogens with zero attached hydrogens (tertiary/aromatic N) is 3. The van der Waals surface area contributed by atoms with Crippen molar-refractivity contribution in [3.05, 3.63) is 47.7 Å². The monoisotopic (exact) mass is 354 g/mol. The number of ketones is 1. The van der Waals surface area contributed by atoms with Gasteiger partial charge in [-0.25, -0.2) is 9.78 Å². The van der Waals surface area contributed by atoms with E-state index in [0.29, 0.717) is 17.8 Å². The van der Waals surface area contributed by atoms with Gasteiger partial charge in [0.15, 0.2) is 5.78 Å². The number of Topliss-reactive ketones (excluding diaryl/α,β-unsaturated/α-hetero) is 1. The van der Waals surface area contributed by atoms with Gasteiger partial charge in [0.25, 0.3) is 0 Å². The van der Waals surface area contributed by atoms with Gasteiger partial charge >= 0.3 is 6.03 Å². The summed E-state index contributed by atoms with van der Waals surface area (Å²) in [6, 6.07) is 7.00. The molecule has 0 atom stereocenters. The maximum absolute atomic E-state index is 12.8. The Kier molecular flexibility index (Phi) is 5.04. The second-order valence-electron chi connectivity index (χ2n) is 5.60. The third kappa shape index (κ3) is 3.83. The van der Waals surface area contributed by atoms with Gasteiger partial charge in [-0.15, -0.1) is 11.3 Å². The minimum absolute atomic E-state index is 0.0116. The predicted molar refractivity (Wildman–Crippen MR) is 100 cm³/mol. The summed E-state index contributed by atoms with van der Waals surface area (Å²) >= 11 is 1.50. The molecule has 0 spiro atoms. The number of thiazole rings is 1. The molecule has 6 nitrogen and oxygen atoms in total. The number of urea groups is 1. The average molecular weight is 354 g/mol. The number of hydrogen-bond donors (Lipinski definition) is 1. The van der Waals surface area contributed by atoms with Crippen LogP contribution < -0.4 is 10.2 Å². The molecule has 0 aliphatic carbocycles. The molecular formula is C18H18N4O2S. The largest absolute Gasteiger partial charge is 0.326 e. The SMILES string of the molecule is CCC(=O)CN(C(=O)Nc1cnccc1C)c1ccc2ncsc2c1. The standard InChI is InChI=1S/C18H18N4O2S/c1-3-14(23)10-22(13-4-5-15-17(8-13)25-11-20-15)18(24)21-16-9-19-7-6-12(16)2/h4-9,11H,3,10H2,1-2H3,(H,21,24). The molecule has 2 amide bonds. The fraction of sp³-hybridized carbons (Fsp3) is 0.222. The van der Waals surface area contributed by atoms with Crippen LogP contribution in [0.25, 0.3) is 10.2 Å². The van der Waals surface area contributed by atoms with Gasteiger partial charge in [0.2, 0.25) is 0 Å². The zero-order valence-corrected chi connectivity index (χ0v) is 14.8. The number of nitrogens with one attached hydrogen (secondary N) is 1. The minimum atomic E-state index is -0.359. The van der Waals surface area contributed by atoms with E-state index in [2.05, 4.69) is 15.3 Å². The molecule has 0 aliphatic rings. The first-order valence-corrected chi connectivity index (χ1v) is 8.80. The number of aryl methyl sites for hydroxylation is 1. The first-order chi connectivity index (χ1) is 12.1. The first kappa shape index (κ1) is 17.0. The molecule has 7 heteroatoms. The highest BCUT2D eigenvalue weighted by Gasteiger charge is 2.20. The van der Waals surface area contributed by atoms with E-state index in [9.17, 15) is 9.59 Å². The van der Waals surface area contributed by atoms with Crippen LogP contribution in [-0.4, -0.2) is 28.3 Å². The molecule has 0 saturated carbocycles. The van der Waals surface area contributed by atoms with Crippen molar-refractivity contribution in [2.45, 2.75) is 20.3 Å². The molecule has 2 heterocycles. The summed E-state index contributed by atoms with van der Waals surface area (Å²) in [6.07, 6.45) is 3.64. The molecule has 0 unspecified atom stereocenters. The molecule has 0 aliphatic heterocycles. The van der Waals surface area contributed by atoms with E-state index < -0.39 is 0 Å². The highest BCUT2D eigenvalue weighted by Crippen LogP contribution is 2.25. The Hall–Kier alpha value is -2.80. The van der Waals surface area contributed by atoms with Crippen molar-refractivity contribution in [3.63, 3.8) is 0 Å². The zero-order chi connectivity index (χ0) is 17.8. The van der Waals surface area contributed by atoms with Gasteiger partial charge in [0.1, 0.15) is 0 Å². The van der Waals surface area contributed by atoms with Gasteiger partial charge in [0.05, 0.1) is 34.2 Å². The fourth-order valence-electron chi connectivity index (χ4n) is 2.36. The van der Waals surface area contributed by atoms with E-state index in [1.54, 1.807) is 30.9 Å². The number of pyridine rings is 1. The number of carbonyl (C=O) groups excluding carboxylic acids is 2. The van der Waals surface area contributed by atoms with E-state index in [4.69, 9.17) is 0 Å². The topological polar surface area (TPSA) is 75.2 Å². The molecule has 0 bridgehead atoms. The lowest BCUT2D eigenvalue weighted by atomic mass is 10.2. The van der Waals surface area contributed by atoms with E-state index >= 15 is 0 Å². The summed E-state index contributed by atoms with van der Waals surface area (Å²) in [5.74, 6) is -0.0116. The van der Waals surface area contributed by atoms with Crippen LogP contribution in [0.4, 0.5) is 16.2 Å². The number of amides is 2. The molecule has 128 valence electrons. The van der Waals surface area contributed by atoms with Gasteiger partial charge in [-0.05, 0) is 36.8 Å². The van der Waals surface area contributed by atoms with Crippen LogP contribution in [-0.2, 0) is 4.79 Å². The molecule has 25 heavy (non-hydrogen) atoms. The lowest BCUT2D eigenvalue weighted by Crippen LogP contribution is -2.39. The van der Waals surface area contributed by atoms with Crippen molar-refractivity contribution >= 4 is 44.7 Å². The molecule has 1 aromatic carbocycles.